The van der Waals surface area contributed by atoms with Gasteiger partial charge in [0.05, 0.1) is 16.6 Å². The number of carbonyl (C=O) groups is 1. The Labute approximate surface area is 172 Å². The van der Waals surface area contributed by atoms with Gasteiger partial charge >= 0.3 is 6.18 Å². The standard InChI is InChI=1S/C19H14BrClF3N3O/c1-11(12-4-6-14(20)7-5-12)26-18(28)16-3-2-8-27(16)17-15(21)9-13(10-25-17)19(22,23)24/h2-11H,1H3,(H,26,28). The summed E-state index contributed by atoms with van der Waals surface area (Å²) in [5.74, 6) is -0.362. The van der Waals surface area contributed by atoms with Crippen molar-refractivity contribution in [2.75, 3.05) is 0 Å². The highest BCUT2D eigenvalue weighted by molar-refractivity contribution is 9.10. The molecule has 0 saturated carbocycles. The zero-order valence-electron chi connectivity index (χ0n) is 14.5. The van der Waals surface area contributed by atoms with Gasteiger partial charge in [0.25, 0.3) is 5.91 Å². The summed E-state index contributed by atoms with van der Waals surface area (Å²) < 4.78 is 40.7. The Kier molecular flexibility index (Phi) is 5.81. The number of aromatic nitrogens is 2. The molecule has 2 aromatic heterocycles. The molecule has 1 N–H and O–H groups in total. The fraction of sp³-hybridized carbons (Fsp3) is 0.158. The van der Waals surface area contributed by atoms with Gasteiger partial charge in [0.1, 0.15) is 5.69 Å². The van der Waals surface area contributed by atoms with Gasteiger partial charge in [-0.1, -0.05) is 39.7 Å². The zero-order valence-corrected chi connectivity index (χ0v) is 16.8. The number of benzene rings is 1. The number of rotatable bonds is 4. The summed E-state index contributed by atoms with van der Waals surface area (Å²) in [5.41, 5.74) is 0.154. The molecule has 0 saturated heterocycles. The van der Waals surface area contributed by atoms with E-state index in [2.05, 4.69) is 26.2 Å². The van der Waals surface area contributed by atoms with Crippen molar-refractivity contribution >= 4 is 33.4 Å². The lowest BCUT2D eigenvalue weighted by molar-refractivity contribution is -0.137. The van der Waals surface area contributed by atoms with Crippen LogP contribution in [-0.2, 0) is 6.18 Å². The molecule has 0 aliphatic rings. The third kappa shape index (κ3) is 4.39. The second-order valence-electron chi connectivity index (χ2n) is 6.04. The number of carbonyl (C=O) groups excluding carboxylic acids is 1. The van der Waals surface area contributed by atoms with Crippen LogP contribution in [0.1, 0.15) is 34.6 Å². The van der Waals surface area contributed by atoms with E-state index in [4.69, 9.17) is 11.6 Å². The van der Waals surface area contributed by atoms with E-state index in [1.165, 1.54) is 10.8 Å². The first-order chi connectivity index (χ1) is 13.2. The average molecular weight is 473 g/mol. The molecular weight excluding hydrogens is 459 g/mol. The molecule has 0 radical (unpaired) electrons. The number of amides is 1. The number of hydrogen-bond acceptors (Lipinski definition) is 2. The van der Waals surface area contributed by atoms with Crippen molar-refractivity contribution in [3.05, 3.63) is 81.2 Å². The van der Waals surface area contributed by atoms with Gasteiger partial charge in [-0.2, -0.15) is 13.2 Å². The van der Waals surface area contributed by atoms with E-state index in [1.807, 2.05) is 31.2 Å². The molecule has 0 aliphatic heterocycles. The van der Waals surface area contributed by atoms with Crippen molar-refractivity contribution in [1.29, 1.82) is 0 Å². The lowest BCUT2D eigenvalue weighted by Crippen LogP contribution is -2.28. The van der Waals surface area contributed by atoms with Crippen LogP contribution in [-0.4, -0.2) is 15.5 Å². The summed E-state index contributed by atoms with van der Waals surface area (Å²) in [5, 5.41) is 2.65. The maximum atomic E-state index is 12.8. The predicted octanol–water partition coefficient (Wildman–Crippen LogP) is 5.80. The van der Waals surface area contributed by atoms with E-state index in [0.717, 1.165) is 16.1 Å². The number of nitrogens with one attached hydrogen (secondary N) is 1. The van der Waals surface area contributed by atoms with Gasteiger partial charge in [-0.25, -0.2) is 4.98 Å². The molecule has 0 bridgehead atoms. The minimum absolute atomic E-state index is 0.0427. The fourth-order valence-electron chi connectivity index (χ4n) is 2.62. The Hall–Kier alpha value is -2.32. The van der Waals surface area contributed by atoms with Crippen LogP contribution in [0.3, 0.4) is 0 Å². The molecule has 1 amide bonds. The van der Waals surface area contributed by atoms with Crippen LogP contribution in [0.15, 0.2) is 59.3 Å². The number of nitrogens with zero attached hydrogens (tertiary/aromatic N) is 2. The van der Waals surface area contributed by atoms with Crippen molar-refractivity contribution in [1.82, 2.24) is 14.9 Å². The average Bonchev–Trinajstić information content (AvgIpc) is 3.11. The molecule has 0 fully saturated rings. The SMILES string of the molecule is CC(NC(=O)c1cccn1-c1ncc(C(F)(F)F)cc1Cl)c1ccc(Br)cc1. The molecule has 0 aliphatic carbocycles. The third-order valence-corrected chi connectivity index (χ3v) is 4.88. The normalized spacial score (nSPS) is 12.6. The summed E-state index contributed by atoms with van der Waals surface area (Å²) in [4.78, 5) is 16.5. The monoisotopic (exact) mass is 471 g/mol. The van der Waals surface area contributed by atoms with Crippen LogP contribution in [0.2, 0.25) is 5.02 Å². The van der Waals surface area contributed by atoms with Crippen LogP contribution in [0, 0.1) is 0 Å². The molecule has 3 aromatic rings. The highest BCUT2D eigenvalue weighted by Crippen LogP contribution is 2.32. The minimum Gasteiger partial charge on any atom is -0.344 e. The van der Waals surface area contributed by atoms with Crippen LogP contribution in [0.5, 0.6) is 0 Å². The van der Waals surface area contributed by atoms with Gasteiger partial charge in [0.15, 0.2) is 5.82 Å². The molecule has 1 unspecified atom stereocenters. The van der Waals surface area contributed by atoms with E-state index in [1.54, 1.807) is 12.1 Å². The number of alkyl halides is 3. The first kappa shape index (κ1) is 20.4. The predicted molar refractivity (Wildman–Crippen MR) is 104 cm³/mol. The Balaban J connectivity index is 1.85. The molecule has 1 atom stereocenters. The number of hydrogen-bond donors (Lipinski definition) is 1. The van der Waals surface area contributed by atoms with Gasteiger partial charge in [-0.05, 0) is 42.8 Å². The van der Waals surface area contributed by atoms with Crippen molar-refractivity contribution in [2.24, 2.45) is 0 Å². The van der Waals surface area contributed by atoms with Crippen LogP contribution in [0.4, 0.5) is 13.2 Å². The van der Waals surface area contributed by atoms with Crippen LogP contribution in [0.25, 0.3) is 5.82 Å². The lowest BCUT2D eigenvalue weighted by Gasteiger charge is -2.16. The Morgan fingerprint density at radius 1 is 1.25 bits per heavy atom. The number of halogens is 5. The van der Waals surface area contributed by atoms with E-state index in [9.17, 15) is 18.0 Å². The number of pyridine rings is 1. The van der Waals surface area contributed by atoms with Crippen molar-refractivity contribution < 1.29 is 18.0 Å². The minimum atomic E-state index is -4.55. The first-order valence-corrected chi connectivity index (χ1v) is 9.30. The summed E-state index contributed by atoms with van der Waals surface area (Å²) in [6, 6.07) is 11.1. The quantitative estimate of drug-likeness (QED) is 0.522. The van der Waals surface area contributed by atoms with E-state index in [0.29, 0.717) is 6.20 Å². The Morgan fingerprint density at radius 2 is 1.93 bits per heavy atom. The summed E-state index contributed by atoms with van der Waals surface area (Å²) >= 11 is 9.36. The summed E-state index contributed by atoms with van der Waals surface area (Å²) in [6.45, 7) is 1.83. The van der Waals surface area contributed by atoms with Gasteiger partial charge in [0, 0.05) is 16.9 Å². The third-order valence-electron chi connectivity index (χ3n) is 4.08. The van der Waals surface area contributed by atoms with Crippen molar-refractivity contribution in [2.45, 2.75) is 19.1 Å². The second kappa shape index (κ2) is 7.97. The van der Waals surface area contributed by atoms with E-state index < -0.39 is 17.6 Å². The molecule has 3 rings (SSSR count). The molecule has 146 valence electrons. The zero-order chi connectivity index (χ0) is 20.5. The first-order valence-electron chi connectivity index (χ1n) is 8.13. The maximum Gasteiger partial charge on any atom is 0.417 e. The van der Waals surface area contributed by atoms with Crippen molar-refractivity contribution in [3.63, 3.8) is 0 Å². The molecule has 1 aromatic carbocycles. The van der Waals surface area contributed by atoms with Crippen molar-refractivity contribution in [3.8, 4) is 5.82 Å². The van der Waals surface area contributed by atoms with Gasteiger partial charge in [-0.15, -0.1) is 0 Å². The molecule has 4 nitrogen and oxygen atoms in total. The molecular formula is C19H14BrClF3N3O. The van der Waals surface area contributed by atoms with Crippen LogP contribution >= 0.6 is 27.5 Å². The van der Waals surface area contributed by atoms with Gasteiger partial charge in [0.2, 0.25) is 0 Å². The summed E-state index contributed by atoms with van der Waals surface area (Å²) in [6.07, 6.45) is -2.35. The Morgan fingerprint density at radius 3 is 2.54 bits per heavy atom. The van der Waals surface area contributed by atoms with Gasteiger partial charge in [-0.3, -0.25) is 9.36 Å². The maximum absolute atomic E-state index is 12.8. The second-order valence-corrected chi connectivity index (χ2v) is 7.36. The highest BCUT2D eigenvalue weighted by atomic mass is 79.9. The van der Waals surface area contributed by atoms with Crippen LogP contribution < -0.4 is 5.32 Å². The molecule has 9 heteroatoms. The topological polar surface area (TPSA) is 46.9 Å². The lowest BCUT2D eigenvalue weighted by atomic mass is 10.1. The molecule has 2 heterocycles. The van der Waals surface area contributed by atoms with E-state index >= 15 is 0 Å². The smallest absolute Gasteiger partial charge is 0.344 e. The molecule has 28 heavy (non-hydrogen) atoms. The molecule has 0 spiro atoms. The highest BCUT2D eigenvalue weighted by Gasteiger charge is 2.32. The Bertz CT molecular complexity index is 1000. The fourth-order valence-corrected chi connectivity index (χ4v) is 3.14. The van der Waals surface area contributed by atoms with E-state index in [-0.39, 0.29) is 22.6 Å². The summed E-state index contributed by atoms with van der Waals surface area (Å²) in [7, 11) is 0. The van der Waals surface area contributed by atoms with Gasteiger partial charge < -0.3 is 5.32 Å². The largest absolute Gasteiger partial charge is 0.417 e.